The van der Waals surface area contributed by atoms with Gasteiger partial charge in [0.2, 0.25) is 5.91 Å². The van der Waals surface area contributed by atoms with Crippen molar-refractivity contribution in [2.45, 2.75) is 32.7 Å². The topological polar surface area (TPSA) is 107 Å². The second-order valence-electron chi connectivity index (χ2n) is 5.52. The molecule has 1 unspecified atom stereocenters. The average Bonchev–Trinajstić information content (AvgIpc) is 2.37. The second-order valence-corrected chi connectivity index (χ2v) is 7.56. The monoisotopic (exact) mass is 321 g/mol. The summed E-state index contributed by atoms with van der Waals surface area (Å²) >= 11 is 0. The van der Waals surface area contributed by atoms with Gasteiger partial charge in [0.15, 0.2) is 0 Å². The SMILES string of the molecule is CC(C)NC(=O)CN(C)S(=O)(=O)N1CCCC(C(=O)O)C1. The fourth-order valence-corrected chi connectivity index (χ4v) is 3.60. The van der Waals surface area contributed by atoms with Crippen LogP contribution in [0.4, 0.5) is 0 Å². The predicted octanol–water partition coefficient (Wildman–Crippen LogP) is -0.516. The van der Waals surface area contributed by atoms with Crippen molar-refractivity contribution in [2.75, 3.05) is 26.7 Å². The van der Waals surface area contributed by atoms with Gasteiger partial charge in [0.1, 0.15) is 0 Å². The number of nitrogens with one attached hydrogen (secondary N) is 1. The van der Waals surface area contributed by atoms with Crippen LogP contribution < -0.4 is 5.32 Å². The molecule has 1 fully saturated rings. The van der Waals surface area contributed by atoms with Gasteiger partial charge in [-0.3, -0.25) is 9.59 Å². The Morgan fingerprint density at radius 1 is 1.43 bits per heavy atom. The molecule has 0 aromatic rings. The molecule has 9 heteroatoms. The number of carboxylic acid groups (broad SMARTS) is 1. The molecule has 0 aromatic carbocycles. The number of carboxylic acids is 1. The van der Waals surface area contributed by atoms with Crippen molar-refractivity contribution in [2.24, 2.45) is 5.92 Å². The summed E-state index contributed by atoms with van der Waals surface area (Å²) in [5.41, 5.74) is 0. The van der Waals surface area contributed by atoms with Crippen LogP contribution in [0.15, 0.2) is 0 Å². The smallest absolute Gasteiger partial charge is 0.307 e. The number of likely N-dealkylation sites (N-methyl/N-ethyl adjacent to an activating group) is 1. The third-order valence-corrected chi connectivity index (χ3v) is 5.17. The molecule has 1 heterocycles. The minimum atomic E-state index is -3.82. The van der Waals surface area contributed by atoms with Crippen molar-refractivity contribution in [1.29, 1.82) is 0 Å². The van der Waals surface area contributed by atoms with E-state index in [1.807, 2.05) is 0 Å². The standard InChI is InChI=1S/C12H23N3O5S/c1-9(2)13-11(16)8-14(3)21(19,20)15-6-4-5-10(7-15)12(17)18/h9-10H,4-8H2,1-3H3,(H,13,16)(H,17,18). The molecule has 2 N–H and O–H groups in total. The van der Waals surface area contributed by atoms with Crippen LogP contribution in [-0.2, 0) is 19.8 Å². The van der Waals surface area contributed by atoms with Gasteiger partial charge in [0.05, 0.1) is 12.5 Å². The maximum atomic E-state index is 12.4. The Kier molecular flexibility index (Phi) is 6.11. The number of nitrogens with zero attached hydrogens (tertiary/aromatic N) is 2. The van der Waals surface area contributed by atoms with Gasteiger partial charge in [-0.1, -0.05) is 0 Å². The molecule has 0 bridgehead atoms. The summed E-state index contributed by atoms with van der Waals surface area (Å²) in [6.45, 7) is 3.52. The summed E-state index contributed by atoms with van der Waals surface area (Å²) in [5.74, 6) is -2.07. The lowest BCUT2D eigenvalue weighted by atomic mass is 10.0. The molecular formula is C12H23N3O5S. The first-order valence-electron chi connectivity index (χ1n) is 6.88. The van der Waals surface area contributed by atoms with Gasteiger partial charge in [-0.15, -0.1) is 0 Å². The third kappa shape index (κ3) is 4.94. The summed E-state index contributed by atoms with van der Waals surface area (Å²) in [5, 5.41) is 11.6. The molecule has 0 saturated carbocycles. The molecular weight excluding hydrogens is 298 g/mol. The van der Waals surface area contributed by atoms with Crippen molar-refractivity contribution in [3.8, 4) is 0 Å². The molecule has 1 rings (SSSR count). The molecule has 0 spiro atoms. The molecule has 0 aliphatic carbocycles. The Labute approximate surface area is 125 Å². The van der Waals surface area contributed by atoms with Crippen LogP contribution in [0.3, 0.4) is 0 Å². The minimum Gasteiger partial charge on any atom is -0.481 e. The number of carbonyl (C=O) groups excluding carboxylic acids is 1. The number of hydrogen-bond donors (Lipinski definition) is 2. The average molecular weight is 321 g/mol. The van der Waals surface area contributed by atoms with Crippen LogP contribution in [0, 0.1) is 5.92 Å². The Bertz CT molecular complexity index is 491. The summed E-state index contributed by atoms with van der Waals surface area (Å²) in [6, 6.07) is -0.0695. The van der Waals surface area contributed by atoms with Crippen LogP contribution in [0.5, 0.6) is 0 Å². The normalized spacial score (nSPS) is 20.7. The molecule has 122 valence electrons. The maximum absolute atomic E-state index is 12.4. The molecule has 21 heavy (non-hydrogen) atoms. The van der Waals surface area contributed by atoms with Gasteiger partial charge in [0, 0.05) is 26.2 Å². The van der Waals surface area contributed by atoms with Crippen LogP contribution in [0.2, 0.25) is 0 Å². The molecule has 1 atom stereocenters. The fraction of sp³-hybridized carbons (Fsp3) is 0.833. The van der Waals surface area contributed by atoms with E-state index < -0.39 is 22.1 Å². The highest BCUT2D eigenvalue weighted by atomic mass is 32.2. The number of rotatable bonds is 6. The lowest BCUT2D eigenvalue weighted by Gasteiger charge is -2.32. The second kappa shape index (κ2) is 7.19. The highest BCUT2D eigenvalue weighted by molar-refractivity contribution is 7.86. The highest BCUT2D eigenvalue weighted by Crippen LogP contribution is 2.20. The number of hydrogen-bond acceptors (Lipinski definition) is 4. The molecule has 1 aliphatic heterocycles. The lowest BCUT2D eigenvalue weighted by Crippen LogP contribution is -2.50. The maximum Gasteiger partial charge on any atom is 0.307 e. The third-order valence-electron chi connectivity index (χ3n) is 3.27. The van der Waals surface area contributed by atoms with Crippen molar-refractivity contribution in [3.63, 3.8) is 0 Å². The zero-order chi connectivity index (χ0) is 16.2. The van der Waals surface area contributed by atoms with E-state index >= 15 is 0 Å². The fourth-order valence-electron chi connectivity index (χ4n) is 2.20. The zero-order valence-electron chi connectivity index (χ0n) is 12.6. The first-order chi connectivity index (χ1) is 9.64. The molecule has 0 aromatic heterocycles. The van der Waals surface area contributed by atoms with Crippen molar-refractivity contribution < 1.29 is 23.1 Å². The summed E-state index contributed by atoms with van der Waals surface area (Å²) in [4.78, 5) is 22.6. The molecule has 1 aliphatic rings. The summed E-state index contributed by atoms with van der Waals surface area (Å²) in [7, 11) is -2.50. The lowest BCUT2D eigenvalue weighted by molar-refractivity contribution is -0.143. The van der Waals surface area contributed by atoms with E-state index in [0.29, 0.717) is 12.8 Å². The zero-order valence-corrected chi connectivity index (χ0v) is 13.4. The van der Waals surface area contributed by atoms with Gasteiger partial charge >= 0.3 is 5.97 Å². The Morgan fingerprint density at radius 3 is 2.57 bits per heavy atom. The first kappa shape index (κ1) is 17.9. The first-order valence-corrected chi connectivity index (χ1v) is 8.28. The van der Waals surface area contributed by atoms with Gasteiger partial charge in [-0.05, 0) is 26.7 Å². The summed E-state index contributed by atoms with van der Waals surface area (Å²) in [6.07, 6.45) is 0.973. The van der Waals surface area contributed by atoms with Gasteiger partial charge in [-0.2, -0.15) is 17.0 Å². The quantitative estimate of drug-likeness (QED) is 0.685. The van der Waals surface area contributed by atoms with E-state index in [1.54, 1.807) is 13.8 Å². The van der Waals surface area contributed by atoms with Crippen LogP contribution in [-0.4, -0.2) is 66.7 Å². The van der Waals surface area contributed by atoms with Gasteiger partial charge in [-0.25, -0.2) is 0 Å². The van der Waals surface area contributed by atoms with E-state index in [2.05, 4.69) is 5.32 Å². The van der Waals surface area contributed by atoms with E-state index in [0.717, 1.165) is 8.61 Å². The van der Waals surface area contributed by atoms with Crippen molar-refractivity contribution in [3.05, 3.63) is 0 Å². The van der Waals surface area contributed by atoms with Crippen LogP contribution in [0.25, 0.3) is 0 Å². The predicted molar refractivity (Wildman–Crippen MR) is 76.8 cm³/mol. The van der Waals surface area contributed by atoms with Crippen LogP contribution >= 0.6 is 0 Å². The van der Waals surface area contributed by atoms with Gasteiger partial charge in [0.25, 0.3) is 10.2 Å². The van der Waals surface area contributed by atoms with E-state index in [4.69, 9.17) is 5.11 Å². The van der Waals surface area contributed by atoms with E-state index in [-0.39, 0.29) is 31.6 Å². The van der Waals surface area contributed by atoms with Crippen LogP contribution in [0.1, 0.15) is 26.7 Å². The number of aliphatic carboxylic acids is 1. The molecule has 0 radical (unpaired) electrons. The van der Waals surface area contributed by atoms with Gasteiger partial charge < -0.3 is 10.4 Å². The minimum absolute atomic E-state index is 0.0478. The molecule has 1 amide bonds. The van der Waals surface area contributed by atoms with Crippen molar-refractivity contribution in [1.82, 2.24) is 13.9 Å². The number of amides is 1. The number of carbonyl (C=O) groups is 2. The Hall–Kier alpha value is -1.19. The molecule has 1 saturated heterocycles. The number of piperidine rings is 1. The van der Waals surface area contributed by atoms with E-state index in [9.17, 15) is 18.0 Å². The Balaban J connectivity index is 2.70. The highest BCUT2D eigenvalue weighted by Gasteiger charge is 2.35. The van der Waals surface area contributed by atoms with E-state index in [1.165, 1.54) is 7.05 Å². The summed E-state index contributed by atoms with van der Waals surface area (Å²) < 4.78 is 26.8. The van der Waals surface area contributed by atoms with Crippen molar-refractivity contribution >= 4 is 22.1 Å². The molecule has 8 nitrogen and oxygen atoms in total. The Morgan fingerprint density at radius 2 is 2.05 bits per heavy atom. The largest absolute Gasteiger partial charge is 0.481 e.